The molecule has 37 heavy (non-hydrogen) atoms. The minimum absolute atomic E-state index is 0.261. The van der Waals surface area contributed by atoms with Crippen molar-refractivity contribution in [2.75, 3.05) is 19.0 Å². The Labute approximate surface area is 221 Å². The molecule has 0 fully saturated rings. The van der Waals surface area contributed by atoms with Crippen LogP contribution >= 0.6 is 11.3 Å². The Morgan fingerprint density at radius 1 is 1.03 bits per heavy atom. The van der Waals surface area contributed by atoms with Crippen molar-refractivity contribution in [3.8, 4) is 28.5 Å². The molecule has 1 N–H and O–H groups in total. The maximum atomic E-state index is 12.5. The molecule has 0 bridgehead atoms. The molecule has 0 aliphatic heterocycles. The van der Waals surface area contributed by atoms with Crippen molar-refractivity contribution >= 4 is 28.5 Å². The molecule has 6 nitrogen and oxygen atoms in total. The summed E-state index contributed by atoms with van der Waals surface area (Å²) in [4.78, 5) is 17.0. The average molecular weight is 515 g/mol. The third-order valence-electron chi connectivity index (χ3n) is 5.62. The smallest absolute Gasteiger partial charge is 0.250 e. The molecule has 0 aliphatic carbocycles. The van der Waals surface area contributed by atoms with Gasteiger partial charge in [-0.1, -0.05) is 37.3 Å². The first-order valence-electron chi connectivity index (χ1n) is 12.1. The van der Waals surface area contributed by atoms with Gasteiger partial charge in [0.2, 0.25) is 5.91 Å². The number of benzene rings is 3. The number of anilines is 1. The van der Waals surface area contributed by atoms with Gasteiger partial charge in [-0.15, -0.1) is 11.3 Å². The van der Waals surface area contributed by atoms with Crippen LogP contribution in [-0.2, 0) is 11.4 Å². The standard InChI is InChI=1S/C30H30N2O4S/c1-4-17-35-25-13-11-23(12-14-25)26-20-37-30(31-26)32-29(33)16-10-22-9-15-27(28(18-22)34-3)36-19-24-8-6-5-7-21(24)2/h5-16,18,20H,4,17,19H2,1-3H3,(H,31,32,33)/b16-10+. The predicted molar refractivity (Wildman–Crippen MR) is 150 cm³/mol. The number of ether oxygens (including phenoxy) is 3. The van der Waals surface area contributed by atoms with Crippen LogP contribution in [0.15, 0.2) is 78.2 Å². The first kappa shape index (κ1) is 26.0. The third kappa shape index (κ3) is 7.21. The molecule has 0 spiro atoms. The van der Waals surface area contributed by atoms with E-state index in [1.807, 2.05) is 66.0 Å². The van der Waals surface area contributed by atoms with Crippen LogP contribution < -0.4 is 19.5 Å². The van der Waals surface area contributed by atoms with Gasteiger partial charge >= 0.3 is 0 Å². The minimum atomic E-state index is -0.261. The lowest BCUT2D eigenvalue weighted by Gasteiger charge is -2.12. The quantitative estimate of drug-likeness (QED) is 0.215. The van der Waals surface area contributed by atoms with Crippen molar-refractivity contribution in [3.05, 3.63) is 94.9 Å². The van der Waals surface area contributed by atoms with Crippen molar-refractivity contribution in [2.45, 2.75) is 26.9 Å². The van der Waals surface area contributed by atoms with Gasteiger partial charge in [-0.05, 0) is 72.5 Å². The summed E-state index contributed by atoms with van der Waals surface area (Å²) < 4.78 is 17.1. The van der Waals surface area contributed by atoms with E-state index in [9.17, 15) is 4.79 Å². The molecular formula is C30H30N2O4S. The number of rotatable bonds is 11. The highest BCUT2D eigenvalue weighted by molar-refractivity contribution is 7.14. The summed E-state index contributed by atoms with van der Waals surface area (Å²) in [6.07, 6.45) is 4.17. The Morgan fingerprint density at radius 2 is 1.84 bits per heavy atom. The number of methoxy groups -OCH3 is 1. The Bertz CT molecular complexity index is 1360. The van der Waals surface area contributed by atoms with Crippen molar-refractivity contribution in [2.24, 2.45) is 0 Å². The molecule has 0 saturated heterocycles. The van der Waals surface area contributed by atoms with Crippen LogP contribution in [0.2, 0.25) is 0 Å². The molecule has 0 radical (unpaired) electrons. The largest absolute Gasteiger partial charge is 0.494 e. The number of hydrogen-bond donors (Lipinski definition) is 1. The van der Waals surface area contributed by atoms with Crippen molar-refractivity contribution in [3.63, 3.8) is 0 Å². The number of aryl methyl sites for hydroxylation is 1. The highest BCUT2D eigenvalue weighted by Gasteiger charge is 2.09. The van der Waals surface area contributed by atoms with Crippen LogP contribution in [0.1, 0.15) is 30.0 Å². The Morgan fingerprint density at radius 3 is 2.59 bits per heavy atom. The molecule has 3 aromatic carbocycles. The van der Waals surface area contributed by atoms with Crippen LogP contribution in [0, 0.1) is 6.92 Å². The summed E-state index contributed by atoms with van der Waals surface area (Å²) in [7, 11) is 1.60. The van der Waals surface area contributed by atoms with E-state index in [1.165, 1.54) is 23.0 Å². The van der Waals surface area contributed by atoms with Gasteiger partial charge < -0.3 is 14.2 Å². The van der Waals surface area contributed by atoms with E-state index in [2.05, 4.69) is 30.2 Å². The molecule has 1 amide bonds. The fourth-order valence-corrected chi connectivity index (χ4v) is 4.28. The monoisotopic (exact) mass is 514 g/mol. The molecule has 0 atom stereocenters. The lowest BCUT2D eigenvalue weighted by atomic mass is 10.1. The molecule has 190 valence electrons. The van der Waals surface area contributed by atoms with Crippen molar-refractivity contribution < 1.29 is 19.0 Å². The number of carbonyl (C=O) groups is 1. The summed E-state index contributed by atoms with van der Waals surface area (Å²) in [6.45, 7) is 5.28. The summed E-state index contributed by atoms with van der Waals surface area (Å²) in [5, 5.41) is 5.28. The molecule has 4 aromatic rings. The fraction of sp³-hybridized carbons (Fsp3) is 0.200. The number of carbonyl (C=O) groups excluding carboxylic acids is 1. The lowest BCUT2D eigenvalue weighted by Crippen LogP contribution is -2.07. The number of aromatic nitrogens is 1. The van der Waals surface area contributed by atoms with E-state index in [0.717, 1.165) is 34.6 Å². The summed E-state index contributed by atoms with van der Waals surface area (Å²) in [6, 6.07) is 21.5. The van der Waals surface area contributed by atoms with E-state index in [1.54, 1.807) is 13.2 Å². The van der Waals surface area contributed by atoms with Gasteiger partial charge in [0.25, 0.3) is 0 Å². The Kier molecular flexibility index (Phi) is 8.94. The predicted octanol–water partition coefficient (Wildman–Crippen LogP) is 7.15. The zero-order chi connectivity index (χ0) is 26.0. The van der Waals surface area contributed by atoms with Gasteiger partial charge in [0.15, 0.2) is 16.6 Å². The van der Waals surface area contributed by atoms with Gasteiger partial charge in [0, 0.05) is 17.0 Å². The first-order valence-corrected chi connectivity index (χ1v) is 13.0. The minimum Gasteiger partial charge on any atom is -0.494 e. The van der Waals surface area contributed by atoms with Crippen molar-refractivity contribution in [1.82, 2.24) is 4.98 Å². The number of hydrogen-bond acceptors (Lipinski definition) is 6. The van der Waals surface area contributed by atoms with E-state index >= 15 is 0 Å². The summed E-state index contributed by atoms with van der Waals surface area (Å²) in [5.74, 6) is 1.82. The van der Waals surface area contributed by atoms with E-state index in [0.29, 0.717) is 29.8 Å². The van der Waals surface area contributed by atoms with Gasteiger partial charge in [-0.2, -0.15) is 0 Å². The van der Waals surface area contributed by atoms with Crippen LogP contribution in [0.3, 0.4) is 0 Å². The average Bonchev–Trinajstić information content (AvgIpc) is 3.39. The van der Waals surface area contributed by atoms with Crippen LogP contribution in [-0.4, -0.2) is 24.6 Å². The first-order chi connectivity index (χ1) is 18.1. The Hall–Kier alpha value is -4.10. The van der Waals surface area contributed by atoms with E-state index in [-0.39, 0.29) is 5.91 Å². The third-order valence-corrected chi connectivity index (χ3v) is 6.37. The molecule has 7 heteroatoms. The SMILES string of the molecule is CCCOc1ccc(-c2csc(NC(=O)/C=C/c3ccc(OCc4ccccc4C)c(OC)c3)n2)cc1. The number of amides is 1. The van der Waals surface area contributed by atoms with E-state index in [4.69, 9.17) is 14.2 Å². The molecule has 1 aromatic heterocycles. The maximum absolute atomic E-state index is 12.5. The number of nitrogens with one attached hydrogen (secondary N) is 1. The fourth-order valence-electron chi connectivity index (χ4n) is 3.56. The topological polar surface area (TPSA) is 69.7 Å². The van der Waals surface area contributed by atoms with Crippen LogP contribution in [0.5, 0.6) is 17.2 Å². The Balaban J connectivity index is 1.34. The molecule has 0 aliphatic rings. The van der Waals surface area contributed by atoms with Crippen molar-refractivity contribution in [1.29, 1.82) is 0 Å². The second kappa shape index (κ2) is 12.7. The van der Waals surface area contributed by atoms with E-state index < -0.39 is 0 Å². The highest BCUT2D eigenvalue weighted by Crippen LogP contribution is 2.30. The highest BCUT2D eigenvalue weighted by atomic mass is 32.1. The van der Waals surface area contributed by atoms with Gasteiger partial charge in [0.05, 0.1) is 19.4 Å². The second-order valence-electron chi connectivity index (χ2n) is 8.36. The van der Waals surface area contributed by atoms with Crippen LogP contribution in [0.4, 0.5) is 5.13 Å². The molecule has 1 heterocycles. The van der Waals surface area contributed by atoms with Crippen LogP contribution in [0.25, 0.3) is 17.3 Å². The zero-order valence-electron chi connectivity index (χ0n) is 21.2. The van der Waals surface area contributed by atoms with Gasteiger partial charge in [-0.25, -0.2) is 4.98 Å². The molecule has 0 unspecified atom stereocenters. The molecule has 0 saturated carbocycles. The number of nitrogens with zero attached hydrogens (tertiary/aromatic N) is 1. The van der Waals surface area contributed by atoms with Gasteiger partial charge in [-0.3, -0.25) is 10.1 Å². The lowest BCUT2D eigenvalue weighted by molar-refractivity contribution is -0.111. The summed E-state index contributed by atoms with van der Waals surface area (Å²) >= 11 is 1.38. The maximum Gasteiger partial charge on any atom is 0.250 e. The molecular weight excluding hydrogens is 484 g/mol. The van der Waals surface area contributed by atoms with Gasteiger partial charge in [0.1, 0.15) is 12.4 Å². The summed E-state index contributed by atoms with van der Waals surface area (Å²) in [5.41, 5.74) is 4.88. The zero-order valence-corrected chi connectivity index (χ0v) is 22.0. The number of thiazole rings is 1. The molecule has 4 rings (SSSR count). The second-order valence-corrected chi connectivity index (χ2v) is 9.22. The normalized spacial score (nSPS) is 10.9.